The number of hydrogen-bond donors (Lipinski definition) is 1. The summed E-state index contributed by atoms with van der Waals surface area (Å²) in [5.74, 6) is 2.25. The summed E-state index contributed by atoms with van der Waals surface area (Å²) in [6.45, 7) is 3.89. The SMILES string of the molecule is CCC1CS(=O)CC(C2CCOC2)N1. The number of hydrogen-bond acceptors (Lipinski definition) is 3. The van der Waals surface area contributed by atoms with Gasteiger partial charge >= 0.3 is 0 Å². The molecule has 0 amide bonds. The predicted molar refractivity (Wildman–Crippen MR) is 57.8 cm³/mol. The number of nitrogens with one attached hydrogen (secondary N) is 1. The van der Waals surface area contributed by atoms with Crippen molar-refractivity contribution in [2.75, 3.05) is 24.7 Å². The third kappa shape index (κ3) is 2.35. The Kier molecular flexibility index (Phi) is 3.57. The van der Waals surface area contributed by atoms with E-state index in [1.54, 1.807) is 0 Å². The van der Waals surface area contributed by atoms with Gasteiger partial charge in [-0.15, -0.1) is 0 Å². The molecule has 2 saturated heterocycles. The van der Waals surface area contributed by atoms with Gasteiger partial charge in [0.05, 0.1) is 6.61 Å². The molecule has 2 aliphatic heterocycles. The third-order valence-electron chi connectivity index (χ3n) is 3.23. The fourth-order valence-electron chi connectivity index (χ4n) is 2.27. The van der Waals surface area contributed by atoms with E-state index in [0.29, 0.717) is 18.0 Å². The van der Waals surface area contributed by atoms with E-state index in [-0.39, 0.29) is 0 Å². The third-order valence-corrected chi connectivity index (χ3v) is 4.73. The Balaban J connectivity index is 1.93. The lowest BCUT2D eigenvalue weighted by molar-refractivity contribution is 0.176. The maximum Gasteiger partial charge on any atom is 0.0510 e. The van der Waals surface area contributed by atoms with Crippen molar-refractivity contribution in [1.82, 2.24) is 5.32 Å². The largest absolute Gasteiger partial charge is 0.381 e. The molecule has 0 bridgehead atoms. The molecule has 2 aliphatic rings. The summed E-state index contributed by atoms with van der Waals surface area (Å²) in [7, 11) is -0.614. The lowest BCUT2D eigenvalue weighted by Crippen LogP contribution is -2.53. The molecule has 4 atom stereocenters. The summed E-state index contributed by atoms with van der Waals surface area (Å²) >= 11 is 0. The first kappa shape index (κ1) is 10.6. The second kappa shape index (κ2) is 4.73. The van der Waals surface area contributed by atoms with E-state index in [4.69, 9.17) is 4.74 Å². The van der Waals surface area contributed by atoms with Crippen LogP contribution in [0.25, 0.3) is 0 Å². The zero-order chi connectivity index (χ0) is 9.97. The summed E-state index contributed by atoms with van der Waals surface area (Å²) in [6, 6.07) is 0.882. The molecule has 3 nitrogen and oxygen atoms in total. The fourth-order valence-corrected chi connectivity index (χ4v) is 3.96. The highest BCUT2D eigenvalue weighted by molar-refractivity contribution is 7.85. The maximum absolute atomic E-state index is 11.6. The Morgan fingerprint density at radius 3 is 3.00 bits per heavy atom. The van der Waals surface area contributed by atoms with Crippen LogP contribution in [0.2, 0.25) is 0 Å². The van der Waals surface area contributed by atoms with Crippen LogP contribution < -0.4 is 5.32 Å². The molecule has 0 radical (unpaired) electrons. The smallest absolute Gasteiger partial charge is 0.0510 e. The molecule has 14 heavy (non-hydrogen) atoms. The molecule has 1 N–H and O–H groups in total. The molecule has 0 aromatic rings. The van der Waals surface area contributed by atoms with Gasteiger partial charge in [0, 0.05) is 46.9 Å². The van der Waals surface area contributed by atoms with Crippen LogP contribution in [0.15, 0.2) is 0 Å². The molecule has 0 spiro atoms. The summed E-state index contributed by atoms with van der Waals surface area (Å²) in [5.41, 5.74) is 0. The molecule has 82 valence electrons. The Labute approximate surface area is 88.0 Å². The van der Waals surface area contributed by atoms with E-state index in [0.717, 1.165) is 37.6 Å². The molecule has 0 saturated carbocycles. The maximum atomic E-state index is 11.6. The van der Waals surface area contributed by atoms with Gasteiger partial charge in [-0.1, -0.05) is 6.92 Å². The molecule has 2 fully saturated rings. The molecule has 0 aliphatic carbocycles. The molecule has 0 aromatic carbocycles. The highest BCUT2D eigenvalue weighted by atomic mass is 32.2. The highest BCUT2D eigenvalue weighted by Gasteiger charge is 2.32. The average molecular weight is 217 g/mol. The standard InChI is InChI=1S/C10H19NO2S/c1-2-9-6-14(12)7-10(11-9)8-3-4-13-5-8/h8-11H,2-7H2,1H3. The van der Waals surface area contributed by atoms with Gasteiger partial charge in [-0.3, -0.25) is 4.21 Å². The predicted octanol–water partition coefficient (Wildman–Crippen LogP) is 0.522. The van der Waals surface area contributed by atoms with Crippen LogP contribution in [0.5, 0.6) is 0 Å². The van der Waals surface area contributed by atoms with E-state index >= 15 is 0 Å². The minimum Gasteiger partial charge on any atom is -0.381 e. The summed E-state index contributed by atoms with van der Waals surface area (Å²) in [4.78, 5) is 0. The van der Waals surface area contributed by atoms with Crippen LogP contribution in [-0.4, -0.2) is 41.0 Å². The lowest BCUT2D eigenvalue weighted by Gasteiger charge is -2.33. The summed E-state index contributed by atoms with van der Waals surface area (Å²) in [5, 5.41) is 3.60. The van der Waals surface area contributed by atoms with Gasteiger partial charge in [0.15, 0.2) is 0 Å². The molecule has 0 aromatic heterocycles. The average Bonchev–Trinajstić information content (AvgIpc) is 2.69. The molecule has 4 unspecified atom stereocenters. The van der Waals surface area contributed by atoms with Crippen LogP contribution in [-0.2, 0) is 15.5 Å². The van der Waals surface area contributed by atoms with E-state index < -0.39 is 10.8 Å². The number of rotatable bonds is 2. The van der Waals surface area contributed by atoms with Crippen molar-refractivity contribution in [2.45, 2.75) is 31.8 Å². The van der Waals surface area contributed by atoms with Crippen LogP contribution in [0.1, 0.15) is 19.8 Å². The van der Waals surface area contributed by atoms with Crippen molar-refractivity contribution < 1.29 is 8.95 Å². The summed E-state index contributed by atoms with van der Waals surface area (Å²) in [6.07, 6.45) is 2.21. The van der Waals surface area contributed by atoms with E-state index in [9.17, 15) is 4.21 Å². The molecule has 2 rings (SSSR count). The van der Waals surface area contributed by atoms with Crippen LogP contribution in [0.3, 0.4) is 0 Å². The zero-order valence-electron chi connectivity index (χ0n) is 8.70. The van der Waals surface area contributed by atoms with Crippen molar-refractivity contribution in [1.29, 1.82) is 0 Å². The van der Waals surface area contributed by atoms with E-state index in [1.807, 2.05) is 0 Å². The Hall–Kier alpha value is 0.0700. The minimum atomic E-state index is -0.614. The first-order valence-corrected chi connectivity index (χ1v) is 6.97. The van der Waals surface area contributed by atoms with Crippen molar-refractivity contribution in [3.63, 3.8) is 0 Å². The van der Waals surface area contributed by atoms with Gasteiger partial charge in [0.1, 0.15) is 0 Å². The Morgan fingerprint density at radius 2 is 2.36 bits per heavy atom. The lowest BCUT2D eigenvalue weighted by atomic mass is 9.99. The fraction of sp³-hybridized carbons (Fsp3) is 1.00. The topological polar surface area (TPSA) is 38.3 Å². The molecule has 4 heteroatoms. The second-order valence-electron chi connectivity index (χ2n) is 4.28. The van der Waals surface area contributed by atoms with Crippen molar-refractivity contribution in [3.8, 4) is 0 Å². The Bertz CT molecular complexity index is 216. The van der Waals surface area contributed by atoms with Gasteiger partial charge in [0.25, 0.3) is 0 Å². The van der Waals surface area contributed by atoms with Crippen LogP contribution in [0.4, 0.5) is 0 Å². The van der Waals surface area contributed by atoms with Gasteiger partial charge in [-0.25, -0.2) is 0 Å². The van der Waals surface area contributed by atoms with Crippen LogP contribution >= 0.6 is 0 Å². The van der Waals surface area contributed by atoms with Gasteiger partial charge in [0.2, 0.25) is 0 Å². The van der Waals surface area contributed by atoms with Gasteiger partial charge < -0.3 is 10.1 Å². The monoisotopic (exact) mass is 217 g/mol. The normalized spacial score (nSPS) is 44.1. The van der Waals surface area contributed by atoms with Crippen LogP contribution in [0, 0.1) is 5.92 Å². The number of ether oxygens (including phenoxy) is 1. The van der Waals surface area contributed by atoms with E-state index in [1.165, 1.54) is 0 Å². The quantitative estimate of drug-likeness (QED) is 0.733. The van der Waals surface area contributed by atoms with Crippen molar-refractivity contribution >= 4 is 10.8 Å². The minimum absolute atomic E-state index is 0.428. The van der Waals surface area contributed by atoms with Gasteiger partial charge in [-0.05, 0) is 12.8 Å². The first-order valence-electron chi connectivity index (χ1n) is 5.48. The highest BCUT2D eigenvalue weighted by Crippen LogP contribution is 2.20. The zero-order valence-corrected chi connectivity index (χ0v) is 9.52. The molecule has 2 heterocycles. The van der Waals surface area contributed by atoms with E-state index in [2.05, 4.69) is 12.2 Å². The first-order chi connectivity index (χ1) is 6.79. The Morgan fingerprint density at radius 1 is 1.50 bits per heavy atom. The van der Waals surface area contributed by atoms with Gasteiger partial charge in [-0.2, -0.15) is 0 Å². The molecular weight excluding hydrogens is 198 g/mol. The van der Waals surface area contributed by atoms with Crippen molar-refractivity contribution in [2.24, 2.45) is 5.92 Å². The van der Waals surface area contributed by atoms with Crippen molar-refractivity contribution in [3.05, 3.63) is 0 Å². The second-order valence-corrected chi connectivity index (χ2v) is 5.82. The molecular formula is C10H19NO2S. The summed E-state index contributed by atoms with van der Waals surface area (Å²) < 4.78 is 17.0.